The summed E-state index contributed by atoms with van der Waals surface area (Å²) in [6.45, 7) is 0.816. The van der Waals surface area contributed by atoms with Crippen LogP contribution in [0, 0.1) is 0 Å². The van der Waals surface area contributed by atoms with Gasteiger partial charge in [-0.3, -0.25) is 4.79 Å². The van der Waals surface area contributed by atoms with Crippen LogP contribution in [0.2, 0.25) is 0 Å². The topological polar surface area (TPSA) is 77.5 Å². The zero-order chi connectivity index (χ0) is 14.4. The highest BCUT2D eigenvalue weighted by Crippen LogP contribution is 2.17. The number of amides is 1. The summed E-state index contributed by atoms with van der Waals surface area (Å²) >= 11 is 0. The maximum absolute atomic E-state index is 11.9. The van der Waals surface area contributed by atoms with Gasteiger partial charge in [-0.05, 0) is 24.1 Å². The molecule has 21 heavy (non-hydrogen) atoms. The molecule has 2 aromatic rings. The van der Waals surface area contributed by atoms with E-state index >= 15 is 0 Å². The van der Waals surface area contributed by atoms with Gasteiger partial charge in [0.25, 0.3) is 5.91 Å². The second-order valence-corrected chi connectivity index (χ2v) is 4.32. The minimum Gasteiger partial charge on any atom is -0.496 e. The molecule has 1 heterocycles. The van der Waals surface area contributed by atoms with E-state index in [1.54, 1.807) is 13.2 Å². The van der Waals surface area contributed by atoms with Gasteiger partial charge in [-0.2, -0.15) is 0 Å². The van der Waals surface area contributed by atoms with Crippen LogP contribution in [0.15, 0.2) is 41.0 Å². The summed E-state index contributed by atoms with van der Waals surface area (Å²) in [7, 11) is 1.64. The first-order valence-corrected chi connectivity index (χ1v) is 6.42. The highest BCUT2D eigenvalue weighted by molar-refractivity contribution is 5.93. The van der Waals surface area contributed by atoms with Crippen molar-refractivity contribution in [2.45, 2.75) is 13.0 Å². The number of carbonyl (C=O) groups is 1. The monoisotopic (exact) mass is 310 g/mol. The zero-order valence-corrected chi connectivity index (χ0v) is 12.6. The van der Waals surface area contributed by atoms with E-state index in [2.05, 4.69) is 5.32 Å². The minimum atomic E-state index is -0.164. The highest BCUT2D eigenvalue weighted by Gasteiger charge is 2.09. The van der Waals surface area contributed by atoms with Gasteiger partial charge in [0.2, 0.25) is 0 Å². The molecule has 0 saturated heterocycles. The number of nitrogens with one attached hydrogen (secondary N) is 1. The number of para-hydroxylation sites is 1. The summed E-state index contributed by atoms with van der Waals surface area (Å²) in [5.41, 5.74) is 6.98. The fraction of sp³-hybridized carbons (Fsp3) is 0.267. The summed E-state index contributed by atoms with van der Waals surface area (Å²) in [4.78, 5) is 11.9. The number of nitrogens with two attached hydrogens (primary N) is 1. The Bertz CT molecular complexity index is 584. The molecule has 0 fully saturated rings. The van der Waals surface area contributed by atoms with Crippen molar-refractivity contribution in [3.8, 4) is 5.75 Å². The molecule has 0 spiro atoms. The van der Waals surface area contributed by atoms with Crippen LogP contribution in [-0.4, -0.2) is 19.6 Å². The van der Waals surface area contributed by atoms with Crippen molar-refractivity contribution in [3.63, 3.8) is 0 Å². The molecule has 1 amide bonds. The zero-order valence-electron chi connectivity index (χ0n) is 11.8. The second kappa shape index (κ2) is 8.34. The Labute approximate surface area is 129 Å². The number of furan rings is 1. The van der Waals surface area contributed by atoms with Crippen LogP contribution in [0.1, 0.15) is 21.7 Å². The number of methoxy groups -OCH3 is 1. The first kappa shape index (κ1) is 17.1. The third-order valence-corrected chi connectivity index (χ3v) is 2.99. The van der Waals surface area contributed by atoms with Crippen LogP contribution in [0.25, 0.3) is 0 Å². The third-order valence-electron chi connectivity index (χ3n) is 2.99. The van der Waals surface area contributed by atoms with Crippen molar-refractivity contribution >= 4 is 18.3 Å². The van der Waals surface area contributed by atoms with E-state index < -0.39 is 0 Å². The quantitative estimate of drug-likeness (QED) is 0.857. The van der Waals surface area contributed by atoms with E-state index in [-0.39, 0.29) is 24.9 Å². The Morgan fingerprint density at radius 1 is 1.38 bits per heavy atom. The molecule has 114 valence electrons. The fourth-order valence-electron chi connectivity index (χ4n) is 1.93. The molecule has 0 aliphatic carbocycles. The SMILES string of the molecule is COc1ccccc1CCNC(=O)c1coc(CN)c1.Cl. The van der Waals surface area contributed by atoms with Crippen LogP contribution in [0.5, 0.6) is 5.75 Å². The third kappa shape index (κ3) is 4.51. The second-order valence-electron chi connectivity index (χ2n) is 4.32. The molecule has 0 bridgehead atoms. The van der Waals surface area contributed by atoms with Crippen molar-refractivity contribution in [1.29, 1.82) is 0 Å². The molecule has 6 heteroatoms. The van der Waals surface area contributed by atoms with Gasteiger partial charge in [-0.15, -0.1) is 12.4 Å². The van der Waals surface area contributed by atoms with Crippen LogP contribution >= 0.6 is 12.4 Å². The standard InChI is InChI=1S/C15H18N2O3.ClH/c1-19-14-5-3-2-4-11(14)6-7-17-15(18)12-8-13(9-16)20-10-12;/h2-5,8,10H,6-7,9,16H2,1H3,(H,17,18);1H. The van der Waals surface area contributed by atoms with Gasteiger partial charge in [0, 0.05) is 6.54 Å². The molecule has 0 atom stereocenters. The van der Waals surface area contributed by atoms with Gasteiger partial charge in [-0.25, -0.2) is 0 Å². The minimum absolute atomic E-state index is 0. The van der Waals surface area contributed by atoms with Gasteiger partial charge >= 0.3 is 0 Å². The average Bonchev–Trinajstić information content (AvgIpc) is 2.96. The summed E-state index contributed by atoms with van der Waals surface area (Å²) in [5, 5.41) is 2.84. The smallest absolute Gasteiger partial charge is 0.254 e. The molecule has 3 N–H and O–H groups in total. The lowest BCUT2D eigenvalue weighted by Crippen LogP contribution is -2.25. The van der Waals surface area contributed by atoms with E-state index in [0.717, 1.165) is 11.3 Å². The van der Waals surface area contributed by atoms with Gasteiger partial charge in [0.1, 0.15) is 17.8 Å². The van der Waals surface area contributed by atoms with Crippen molar-refractivity contribution in [2.75, 3.05) is 13.7 Å². The van der Waals surface area contributed by atoms with E-state index in [1.807, 2.05) is 24.3 Å². The number of benzene rings is 1. The maximum atomic E-state index is 11.9. The van der Waals surface area contributed by atoms with Crippen molar-refractivity contribution in [1.82, 2.24) is 5.32 Å². The largest absolute Gasteiger partial charge is 0.496 e. The van der Waals surface area contributed by atoms with Crippen LogP contribution < -0.4 is 15.8 Å². The van der Waals surface area contributed by atoms with Crippen molar-refractivity contribution < 1.29 is 13.9 Å². The molecular weight excluding hydrogens is 292 g/mol. The lowest BCUT2D eigenvalue weighted by Gasteiger charge is -2.08. The maximum Gasteiger partial charge on any atom is 0.254 e. The van der Waals surface area contributed by atoms with E-state index in [0.29, 0.717) is 24.3 Å². The predicted octanol–water partition coefficient (Wildman–Crippen LogP) is 2.14. The Morgan fingerprint density at radius 3 is 2.81 bits per heavy atom. The first-order chi connectivity index (χ1) is 9.74. The van der Waals surface area contributed by atoms with Gasteiger partial charge in [0.15, 0.2) is 0 Å². The Kier molecular flexibility index (Phi) is 6.78. The number of ether oxygens (including phenoxy) is 1. The highest BCUT2D eigenvalue weighted by atomic mass is 35.5. The average molecular weight is 311 g/mol. The number of hydrogen-bond donors (Lipinski definition) is 2. The molecule has 1 aromatic heterocycles. The molecule has 2 rings (SSSR count). The molecule has 1 aromatic carbocycles. The first-order valence-electron chi connectivity index (χ1n) is 6.42. The van der Waals surface area contributed by atoms with Gasteiger partial charge in [0.05, 0.1) is 19.2 Å². The molecular formula is C15H19ClN2O3. The lowest BCUT2D eigenvalue weighted by atomic mass is 10.1. The Morgan fingerprint density at radius 2 is 2.14 bits per heavy atom. The Balaban J connectivity index is 0.00000220. The Hall–Kier alpha value is -1.98. The van der Waals surface area contributed by atoms with Crippen molar-refractivity contribution in [2.24, 2.45) is 5.73 Å². The van der Waals surface area contributed by atoms with Crippen LogP contribution in [0.4, 0.5) is 0 Å². The number of hydrogen-bond acceptors (Lipinski definition) is 4. The molecule has 0 saturated carbocycles. The normalized spacial score (nSPS) is 9.81. The molecule has 5 nitrogen and oxygen atoms in total. The van der Waals surface area contributed by atoms with Crippen LogP contribution in [-0.2, 0) is 13.0 Å². The van der Waals surface area contributed by atoms with Gasteiger partial charge in [-0.1, -0.05) is 18.2 Å². The van der Waals surface area contributed by atoms with Crippen LogP contribution in [0.3, 0.4) is 0 Å². The summed E-state index contributed by atoms with van der Waals surface area (Å²) in [5.74, 6) is 1.26. The summed E-state index contributed by atoms with van der Waals surface area (Å²) < 4.78 is 10.4. The van der Waals surface area contributed by atoms with E-state index in [1.165, 1.54) is 6.26 Å². The van der Waals surface area contributed by atoms with E-state index in [9.17, 15) is 4.79 Å². The molecule has 0 aliphatic heterocycles. The fourth-order valence-corrected chi connectivity index (χ4v) is 1.93. The number of rotatable bonds is 6. The number of halogens is 1. The van der Waals surface area contributed by atoms with E-state index in [4.69, 9.17) is 14.9 Å². The predicted molar refractivity (Wildman–Crippen MR) is 82.9 cm³/mol. The summed E-state index contributed by atoms with van der Waals surface area (Å²) in [6.07, 6.45) is 2.12. The van der Waals surface area contributed by atoms with Gasteiger partial charge < -0.3 is 20.2 Å². The lowest BCUT2D eigenvalue weighted by molar-refractivity contribution is 0.0953. The molecule has 0 radical (unpaired) electrons. The summed E-state index contributed by atoms with van der Waals surface area (Å²) in [6, 6.07) is 9.40. The molecule has 0 aliphatic rings. The molecule has 0 unspecified atom stereocenters. The van der Waals surface area contributed by atoms with Crippen molar-refractivity contribution in [3.05, 3.63) is 53.5 Å². The number of carbonyl (C=O) groups excluding carboxylic acids is 1.